The summed E-state index contributed by atoms with van der Waals surface area (Å²) in [5.74, 6) is 0.638. The summed E-state index contributed by atoms with van der Waals surface area (Å²) in [6.45, 7) is 0.296. The van der Waals surface area contributed by atoms with Crippen LogP contribution >= 0.6 is 11.6 Å². The second-order valence-electron chi connectivity index (χ2n) is 4.65. The second kappa shape index (κ2) is 5.67. The van der Waals surface area contributed by atoms with E-state index in [2.05, 4.69) is 20.4 Å². The van der Waals surface area contributed by atoms with E-state index in [1.807, 2.05) is 19.2 Å². The van der Waals surface area contributed by atoms with Crippen LogP contribution in [0.1, 0.15) is 11.7 Å². The van der Waals surface area contributed by atoms with Crippen molar-refractivity contribution in [3.8, 4) is 0 Å². The summed E-state index contributed by atoms with van der Waals surface area (Å²) in [5, 5.41) is 18.8. The van der Waals surface area contributed by atoms with Crippen LogP contribution in [0.2, 0.25) is 5.02 Å². The zero-order valence-corrected chi connectivity index (χ0v) is 12.1. The molecule has 3 aromatic rings. The van der Waals surface area contributed by atoms with Crippen LogP contribution in [0.3, 0.4) is 0 Å². The van der Waals surface area contributed by atoms with E-state index < -0.39 is 6.10 Å². The highest BCUT2D eigenvalue weighted by molar-refractivity contribution is 6.31. The number of hydrogen-bond acceptors (Lipinski definition) is 5. The van der Waals surface area contributed by atoms with Gasteiger partial charge in [0.1, 0.15) is 12.1 Å². The third kappa shape index (κ3) is 2.68. The van der Waals surface area contributed by atoms with Crippen molar-refractivity contribution in [3.63, 3.8) is 0 Å². The molecule has 3 rings (SSSR count). The van der Waals surface area contributed by atoms with Gasteiger partial charge in [0, 0.05) is 24.2 Å². The summed E-state index contributed by atoms with van der Waals surface area (Å²) in [5.41, 5.74) is 1.42. The van der Waals surface area contributed by atoms with Crippen LogP contribution in [0.15, 0.2) is 36.8 Å². The average molecular weight is 304 g/mol. The predicted molar refractivity (Wildman–Crippen MR) is 81.2 cm³/mol. The smallest absolute Gasteiger partial charge is 0.163 e. The Morgan fingerprint density at radius 2 is 2.14 bits per heavy atom. The molecule has 6 nitrogen and oxygen atoms in total. The number of nitrogens with zero attached hydrogens (tertiary/aromatic N) is 4. The van der Waals surface area contributed by atoms with Crippen molar-refractivity contribution in [3.05, 3.63) is 47.4 Å². The lowest BCUT2D eigenvalue weighted by atomic mass is 10.1. The van der Waals surface area contributed by atoms with E-state index in [9.17, 15) is 5.11 Å². The molecule has 21 heavy (non-hydrogen) atoms. The van der Waals surface area contributed by atoms with Gasteiger partial charge < -0.3 is 10.4 Å². The first kappa shape index (κ1) is 13.8. The molecule has 2 aromatic heterocycles. The molecule has 0 aliphatic rings. The number of rotatable bonds is 4. The summed E-state index contributed by atoms with van der Waals surface area (Å²) in [4.78, 5) is 8.36. The first-order valence-electron chi connectivity index (χ1n) is 6.46. The summed E-state index contributed by atoms with van der Waals surface area (Å²) in [7, 11) is 1.82. The van der Waals surface area contributed by atoms with Gasteiger partial charge in [-0.3, -0.25) is 4.68 Å². The zero-order valence-electron chi connectivity index (χ0n) is 11.4. The van der Waals surface area contributed by atoms with Gasteiger partial charge in [-0.2, -0.15) is 5.10 Å². The van der Waals surface area contributed by atoms with Gasteiger partial charge in [-0.1, -0.05) is 29.8 Å². The molecule has 1 unspecified atom stereocenters. The van der Waals surface area contributed by atoms with Gasteiger partial charge in [-0.25, -0.2) is 9.97 Å². The summed E-state index contributed by atoms with van der Waals surface area (Å²) in [6, 6.07) is 7.22. The van der Waals surface area contributed by atoms with Gasteiger partial charge in [-0.05, 0) is 6.07 Å². The molecule has 0 radical (unpaired) electrons. The van der Waals surface area contributed by atoms with Crippen LogP contribution in [0.25, 0.3) is 11.0 Å². The lowest BCUT2D eigenvalue weighted by molar-refractivity contribution is 0.191. The van der Waals surface area contributed by atoms with Gasteiger partial charge >= 0.3 is 0 Å². The van der Waals surface area contributed by atoms with Crippen LogP contribution < -0.4 is 5.32 Å². The van der Waals surface area contributed by atoms with Crippen LogP contribution in [-0.2, 0) is 7.05 Å². The van der Waals surface area contributed by atoms with Crippen LogP contribution in [-0.4, -0.2) is 31.4 Å². The van der Waals surface area contributed by atoms with Gasteiger partial charge in [0.2, 0.25) is 0 Å². The molecular formula is C14H14ClN5O. The van der Waals surface area contributed by atoms with Crippen molar-refractivity contribution in [2.45, 2.75) is 6.10 Å². The zero-order chi connectivity index (χ0) is 14.8. The molecule has 2 N–H and O–H groups in total. The van der Waals surface area contributed by atoms with E-state index in [0.717, 1.165) is 11.0 Å². The number of hydrogen-bond donors (Lipinski definition) is 2. The maximum absolute atomic E-state index is 10.2. The van der Waals surface area contributed by atoms with Gasteiger partial charge in [0.15, 0.2) is 5.65 Å². The van der Waals surface area contributed by atoms with Gasteiger partial charge in [-0.15, -0.1) is 0 Å². The van der Waals surface area contributed by atoms with Crippen molar-refractivity contribution < 1.29 is 5.11 Å². The Bertz CT molecular complexity index is 773. The van der Waals surface area contributed by atoms with Crippen LogP contribution in [0, 0.1) is 0 Å². The fraction of sp³-hybridized carbons (Fsp3) is 0.214. The third-order valence-electron chi connectivity index (χ3n) is 3.26. The highest BCUT2D eigenvalue weighted by atomic mass is 35.5. The minimum absolute atomic E-state index is 0.296. The molecule has 0 aliphatic heterocycles. The molecule has 0 aliphatic carbocycles. The Kier molecular flexibility index (Phi) is 3.72. The lowest BCUT2D eigenvalue weighted by Crippen LogP contribution is -2.13. The van der Waals surface area contributed by atoms with E-state index in [-0.39, 0.29) is 0 Å². The molecule has 0 amide bonds. The van der Waals surface area contributed by atoms with E-state index >= 15 is 0 Å². The number of anilines is 1. The molecule has 1 atom stereocenters. The first-order chi connectivity index (χ1) is 10.2. The van der Waals surface area contributed by atoms with Crippen molar-refractivity contribution in [1.82, 2.24) is 19.7 Å². The van der Waals surface area contributed by atoms with Crippen molar-refractivity contribution >= 4 is 28.5 Å². The Labute approximate surface area is 126 Å². The molecule has 2 heterocycles. The first-order valence-corrected chi connectivity index (χ1v) is 6.83. The Hall–Kier alpha value is -2.18. The molecule has 7 heteroatoms. The van der Waals surface area contributed by atoms with Crippen LogP contribution in [0.4, 0.5) is 5.82 Å². The number of fused-ring (bicyclic) bond motifs is 1. The molecule has 0 spiro atoms. The van der Waals surface area contributed by atoms with Gasteiger partial charge in [0.25, 0.3) is 0 Å². The van der Waals surface area contributed by atoms with E-state index in [1.54, 1.807) is 23.0 Å². The maximum atomic E-state index is 10.2. The van der Waals surface area contributed by atoms with E-state index in [1.165, 1.54) is 6.33 Å². The Morgan fingerprint density at radius 1 is 1.33 bits per heavy atom. The number of aliphatic hydroxyl groups is 1. The predicted octanol–water partition coefficient (Wildman–Crippen LogP) is 2.16. The second-order valence-corrected chi connectivity index (χ2v) is 5.05. The maximum Gasteiger partial charge on any atom is 0.163 e. The molecule has 0 fully saturated rings. The number of aryl methyl sites for hydroxylation is 1. The van der Waals surface area contributed by atoms with Crippen molar-refractivity contribution in [2.24, 2.45) is 7.05 Å². The molecule has 0 saturated heterocycles. The number of halogens is 1. The topological polar surface area (TPSA) is 75.9 Å². The highest BCUT2D eigenvalue weighted by Crippen LogP contribution is 2.24. The van der Waals surface area contributed by atoms with E-state index in [0.29, 0.717) is 22.9 Å². The third-order valence-corrected chi connectivity index (χ3v) is 3.60. The molecule has 0 bridgehead atoms. The SMILES string of the molecule is Cn1ncc2c(NCC(O)c3ccccc3Cl)ncnc21. The molecular weight excluding hydrogens is 290 g/mol. The number of nitrogens with one attached hydrogen (secondary N) is 1. The monoisotopic (exact) mass is 303 g/mol. The fourth-order valence-corrected chi connectivity index (χ4v) is 2.41. The Balaban J connectivity index is 1.79. The summed E-state index contributed by atoms with van der Waals surface area (Å²) in [6.07, 6.45) is 2.44. The molecule has 1 aromatic carbocycles. The normalized spacial score (nSPS) is 12.5. The quantitative estimate of drug-likeness (QED) is 0.772. The fourth-order valence-electron chi connectivity index (χ4n) is 2.15. The largest absolute Gasteiger partial charge is 0.387 e. The minimum Gasteiger partial charge on any atom is -0.387 e. The standard InChI is InChI=1S/C14H14ClN5O/c1-20-14-10(6-19-20)13(17-8-18-14)16-7-12(21)9-4-2-3-5-11(9)15/h2-6,8,12,21H,7H2,1H3,(H,16,17,18). The summed E-state index contributed by atoms with van der Waals surface area (Å²) < 4.78 is 1.67. The summed E-state index contributed by atoms with van der Waals surface area (Å²) >= 11 is 6.07. The molecule has 108 valence electrons. The number of aromatic nitrogens is 4. The minimum atomic E-state index is -0.722. The number of aliphatic hydroxyl groups excluding tert-OH is 1. The number of benzene rings is 1. The highest BCUT2D eigenvalue weighted by Gasteiger charge is 2.13. The van der Waals surface area contributed by atoms with Crippen LogP contribution in [0.5, 0.6) is 0 Å². The van der Waals surface area contributed by atoms with E-state index in [4.69, 9.17) is 11.6 Å². The lowest BCUT2D eigenvalue weighted by Gasteiger charge is -2.14. The van der Waals surface area contributed by atoms with Crippen molar-refractivity contribution in [1.29, 1.82) is 0 Å². The molecule has 0 saturated carbocycles. The van der Waals surface area contributed by atoms with Gasteiger partial charge in [0.05, 0.1) is 17.7 Å². The van der Waals surface area contributed by atoms with Crippen molar-refractivity contribution in [2.75, 3.05) is 11.9 Å². The average Bonchev–Trinajstić information content (AvgIpc) is 2.87. The Morgan fingerprint density at radius 3 is 2.95 bits per heavy atom.